The average Bonchev–Trinajstić information content (AvgIpc) is 3.05. The second-order valence-corrected chi connectivity index (χ2v) is 4.54. The van der Waals surface area contributed by atoms with Gasteiger partial charge in [0.05, 0.1) is 24.6 Å². The first-order valence-corrected chi connectivity index (χ1v) is 6.58. The SMILES string of the molecule is COc1ccccc1C(=O)c1ncc(-c2ccccc2)[nH]1. The van der Waals surface area contributed by atoms with Gasteiger partial charge in [-0.05, 0) is 17.7 Å². The molecule has 0 atom stereocenters. The molecule has 1 heterocycles. The highest BCUT2D eigenvalue weighted by Gasteiger charge is 2.17. The number of benzene rings is 2. The molecule has 4 heteroatoms. The van der Waals surface area contributed by atoms with Crippen LogP contribution in [0.3, 0.4) is 0 Å². The van der Waals surface area contributed by atoms with E-state index in [0.717, 1.165) is 11.3 Å². The number of hydrogen-bond acceptors (Lipinski definition) is 3. The Kier molecular flexibility index (Phi) is 3.51. The average molecular weight is 278 g/mol. The van der Waals surface area contributed by atoms with E-state index in [4.69, 9.17) is 4.74 Å². The molecule has 0 aliphatic heterocycles. The predicted molar refractivity (Wildman–Crippen MR) is 80.5 cm³/mol. The Morgan fingerprint density at radius 3 is 2.52 bits per heavy atom. The summed E-state index contributed by atoms with van der Waals surface area (Å²) in [5.41, 5.74) is 2.30. The standard InChI is InChI=1S/C17H14N2O2/c1-21-15-10-6-5-9-13(15)16(20)17-18-11-14(19-17)12-7-3-2-4-8-12/h2-11H,1H3,(H,18,19). The van der Waals surface area contributed by atoms with Gasteiger partial charge in [0.15, 0.2) is 5.82 Å². The van der Waals surface area contributed by atoms with E-state index in [1.807, 2.05) is 36.4 Å². The summed E-state index contributed by atoms with van der Waals surface area (Å²) in [5, 5.41) is 0. The van der Waals surface area contributed by atoms with E-state index < -0.39 is 0 Å². The Bertz CT molecular complexity index is 763. The van der Waals surface area contributed by atoms with Gasteiger partial charge in [-0.15, -0.1) is 0 Å². The summed E-state index contributed by atoms with van der Waals surface area (Å²) in [6, 6.07) is 16.9. The molecule has 0 saturated carbocycles. The van der Waals surface area contributed by atoms with Gasteiger partial charge in [0.2, 0.25) is 5.78 Å². The first kappa shape index (κ1) is 13.1. The van der Waals surface area contributed by atoms with Gasteiger partial charge in [0.25, 0.3) is 0 Å². The number of para-hydroxylation sites is 1. The first-order chi connectivity index (χ1) is 10.3. The van der Waals surface area contributed by atoms with Gasteiger partial charge in [-0.25, -0.2) is 4.98 Å². The second kappa shape index (κ2) is 5.63. The summed E-state index contributed by atoms with van der Waals surface area (Å²) in [7, 11) is 1.55. The van der Waals surface area contributed by atoms with Crippen LogP contribution in [0.25, 0.3) is 11.3 Å². The van der Waals surface area contributed by atoms with Crippen LogP contribution in [0.15, 0.2) is 60.8 Å². The molecular formula is C17H14N2O2. The Morgan fingerprint density at radius 1 is 1.05 bits per heavy atom. The third-order valence-corrected chi connectivity index (χ3v) is 3.23. The number of carbonyl (C=O) groups is 1. The van der Waals surface area contributed by atoms with E-state index in [1.165, 1.54) is 0 Å². The predicted octanol–water partition coefficient (Wildman–Crippen LogP) is 3.32. The summed E-state index contributed by atoms with van der Waals surface area (Å²) in [6.07, 6.45) is 1.66. The van der Waals surface area contributed by atoms with Crippen molar-refractivity contribution in [3.63, 3.8) is 0 Å². The molecule has 0 aliphatic rings. The highest BCUT2D eigenvalue weighted by Crippen LogP contribution is 2.22. The van der Waals surface area contributed by atoms with Crippen molar-refractivity contribution < 1.29 is 9.53 Å². The van der Waals surface area contributed by atoms with Crippen LogP contribution in [-0.4, -0.2) is 22.9 Å². The number of rotatable bonds is 4. The van der Waals surface area contributed by atoms with Gasteiger partial charge in [0.1, 0.15) is 5.75 Å². The largest absolute Gasteiger partial charge is 0.496 e. The van der Waals surface area contributed by atoms with Crippen molar-refractivity contribution in [2.24, 2.45) is 0 Å². The number of H-pyrrole nitrogens is 1. The molecule has 2 aromatic carbocycles. The lowest BCUT2D eigenvalue weighted by Crippen LogP contribution is -2.05. The first-order valence-electron chi connectivity index (χ1n) is 6.58. The highest BCUT2D eigenvalue weighted by atomic mass is 16.5. The number of methoxy groups -OCH3 is 1. The Balaban J connectivity index is 1.95. The third-order valence-electron chi connectivity index (χ3n) is 3.23. The van der Waals surface area contributed by atoms with E-state index in [0.29, 0.717) is 17.1 Å². The normalized spacial score (nSPS) is 10.3. The topological polar surface area (TPSA) is 55.0 Å². The monoisotopic (exact) mass is 278 g/mol. The molecule has 4 nitrogen and oxygen atoms in total. The lowest BCUT2D eigenvalue weighted by Gasteiger charge is -2.05. The van der Waals surface area contributed by atoms with Crippen LogP contribution in [-0.2, 0) is 0 Å². The van der Waals surface area contributed by atoms with Crippen molar-refractivity contribution in [3.8, 4) is 17.0 Å². The van der Waals surface area contributed by atoms with Gasteiger partial charge in [-0.1, -0.05) is 42.5 Å². The molecular weight excluding hydrogens is 264 g/mol. The third kappa shape index (κ3) is 2.56. The van der Waals surface area contributed by atoms with E-state index in [9.17, 15) is 4.79 Å². The zero-order valence-electron chi connectivity index (χ0n) is 11.5. The zero-order chi connectivity index (χ0) is 14.7. The Hall–Kier alpha value is -2.88. The molecule has 0 spiro atoms. The van der Waals surface area contributed by atoms with Crippen molar-refractivity contribution in [1.82, 2.24) is 9.97 Å². The van der Waals surface area contributed by atoms with E-state index in [1.54, 1.807) is 31.5 Å². The quantitative estimate of drug-likeness (QED) is 0.745. The fraction of sp³-hybridized carbons (Fsp3) is 0.0588. The van der Waals surface area contributed by atoms with E-state index in [-0.39, 0.29) is 5.78 Å². The second-order valence-electron chi connectivity index (χ2n) is 4.54. The molecule has 0 radical (unpaired) electrons. The van der Waals surface area contributed by atoms with Crippen LogP contribution >= 0.6 is 0 Å². The summed E-state index contributed by atoms with van der Waals surface area (Å²) in [4.78, 5) is 19.7. The van der Waals surface area contributed by atoms with Crippen LogP contribution in [0.4, 0.5) is 0 Å². The van der Waals surface area contributed by atoms with Gasteiger partial charge in [0, 0.05) is 0 Å². The van der Waals surface area contributed by atoms with Gasteiger partial charge in [-0.2, -0.15) is 0 Å². The highest BCUT2D eigenvalue weighted by molar-refractivity contribution is 6.08. The van der Waals surface area contributed by atoms with Crippen molar-refractivity contribution >= 4 is 5.78 Å². The Morgan fingerprint density at radius 2 is 1.76 bits per heavy atom. The van der Waals surface area contributed by atoms with Crippen molar-refractivity contribution in [2.45, 2.75) is 0 Å². The molecule has 1 aromatic heterocycles. The molecule has 3 rings (SSSR count). The molecule has 0 bridgehead atoms. The van der Waals surface area contributed by atoms with Crippen molar-refractivity contribution in [2.75, 3.05) is 7.11 Å². The molecule has 3 aromatic rings. The molecule has 104 valence electrons. The van der Waals surface area contributed by atoms with E-state index in [2.05, 4.69) is 9.97 Å². The molecule has 21 heavy (non-hydrogen) atoms. The maximum absolute atomic E-state index is 12.5. The number of carbonyl (C=O) groups excluding carboxylic acids is 1. The summed E-state index contributed by atoms with van der Waals surface area (Å²) in [5.74, 6) is 0.660. The number of aromatic nitrogens is 2. The number of nitrogens with zero attached hydrogens (tertiary/aromatic N) is 1. The number of ketones is 1. The lowest BCUT2D eigenvalue weighted by atomic mass is 10.1. The number of hydrogen-bond donors (Lipinski definition) is 1. The molecule has 0 aliphatic carbocycles. The van der Waals surface area contributed by atoms with Crippen molar-refractivity contribution in [1.29, 1.82) is 0 Å². The number of imidazole rings is 1. The summed E-state index contributed by atoms with van der Waals surface area (Å²) < 4.78 is 5.22. The molecule has 0 fully saturated rings. The van der Waals surface area contributed by atoms with Gasteiger partial charge in [-0.3, -0.25) is 4.79 Å². The van der Waals surface area contributed by atoms with Crippen LogP contribution < -0.4 is 4.74 Å². The van der Waals surface area contributed by atoms with Crippen LogP contribution in [0.5, 0.6) is 5.75 Å². The fourth-order valence-electron chi connectivity index (χ4n) is 2.16. The maximum Gasteiger partial charge on any atom is 0.231 e. The minimum atomic E-state index is -0.186. The molecule has 1 N–H and O–H groups in total. The van der Waals surface area contributed by atoms with Crippen molar-refractivity contribution in [3.05, 3.63) is 72.2 Å². The number of nitrogens with one attached hydrogen (secondary N) is 1. The fourth-order valence-corrected chi connectivity index (χ4v) is 2.16. The van der Waals surface area contributed by atoms with Gasteiger partial charge >= 0.3 is 0 Å². The smallest absolute Gasteiger partial charge is 0.231 e. The lowest BCUT2D eigenvalue weighted by molar-refractivity contribution is 0.102. The zero-order valence-corrected chi connectivity index (χ0v) is 11.5. The van der Waals surface area contributed by atoms with Crippen LogP contribution in [0.2, 0.25) is 0 Å². The molecule has 0 saturated heterocycles. The minimum absolute atomic E-state index is 0.186. The molecule has 0 unspecified atom stereocenters. The number of aromatic amines is 1. The Labute approximate surface area is 122 Å². The number of ether oxygens (including phenoxy) is 1. The van der Waals surface area contributed by atoms with Gasteiger partial charge < -0.3 is 9.72 Å². The maximum atomic E-state index is 12.5. The summed E-state index contributed by atoms with van der Waals surface area (Å²) >= 11 is 0. The van der Waals surface area contributed by atoms with Crippen LogP contribution in [0, 0.1) is 0 Å². The summed E-state index contributed by atoms with van der Waals surface area (Å²) in [6.45, 7) is 0. The van der Waals surface area contributed by atoms with E-state index >= 15 is 0 Å². The van der Waals surface area contributed by atoms with Crippen LogP contribution in [0.1, 0.15) is 16.2 Å². The minimum Gasteiger partial charge on any atom is -0.496 e. The molecule has 0 amide bonds.